The van der Waals surface area contributed by atoms with Gasteiger partial charge in [0.15, 0.2) is 0 Å². The molecule has 4 aliphatic rings. The van der Waals surface area contributed by atoms with Gasteiger partial charge in [0.1, 0.15) is 11.8 Å². The fraction of sp³-hybridized carbons (Fsp3) is 0.615. The average Bonchev–Trinajstić information content (AvgIpc) is 2.78. The van der Waals surface area contributed by atoms with Gasteiger partial charge in [-0.25, -0.2) is 9.59 Å². The Labute approximate surface area is 205 Å². The van der Waals surface area contributed by atoms with Gasteiger partial charge >= 0.3 is 12.1 Å². The Morgan fingerprint density at radius 1 is 0.971 bits per heavy atom. The van der Waals surface area contributed by atoms with Crippen LogP contribution in [0, 0.1) is 22.7 Å². The number of carbonyl (C=O) groups is 4. The second-order valence-electron chi connectivity index (χ2n) is 11.2. The minimum absolute atomic E-state index is 0.0913. The van der Waals surface area contributed by atoms with Gasteiger partial charge in [-0.2, -0.15) is 0 Å². The number of nitrogens with zero attached hydrogens (tertiary/aromatic N) is 2. The first-order valence-electron chi connectivity index (χ1n) is 12.2. The van der Waals surface area contributed by atoms with Crippen LogP contribution in [-0.4, -0.2) is 73.0 Å². The third-order valence-corrected chi connectivity index (χ3v) is 7.94. The van der Waals surface area contributed by atoms with Crippen LogP contribution in [0.1, 0.15) is 44.1 Å². The molecule has 3 amide bonds. The van der Waals surface area contributed by atoms with Gasteiger partial charge in [0.05, 0.1) is 10.8 Å². The Morgan fingerprint density at radius 2 is 1.54 bits per heavy atom. The van der Waals surface area contributed by atoms with Crippen LogP contribution in [0.25, 0.3) is 0 Å². The normalized spacial score (nSPS) is 29.3. The lowest BCUT2D eigenvalue weighted by Gasteiger charge is -2.60. The van der Waals surface area contributed by atoms with Gasteiger partial charge in [-0.1, -0.05) is 12.1 Å². The second kappa shape index (κ2) is 9.17. The summed E-state index contributed by atoms with van der Waals surface area (Å²) in [4.78, 5) is 53.5. The molecule has 0 aromatic heterocycles. The predicted octanol–water partition coefficient (Wildman–Crippen LogP) is 2.53. The number of hydrogen-bond donors (Lipinski definition) is 2. The summed E-state index contributed by atoms with van der Waals surface area (Å²) in [5, 5.41) is 12.7. The van der Waals surface area contributed by atoms with Gasteiger partial charge in [0, 0.05) is 34.6 Å². The number of amides is 3. The van der Waals surface area contributed by atoms with E-state index in [4.69, 9.17) is 4.74 Å². The Bertz CT molecular complexity index is 1000. The van der Waals surface area contributed by atoms with E-state index in [2.05, 4.69) is 5.32 Å². The third-order valence-electron chi connectivity index (χ3n) is 7.94. The van der Waals surface area contributed by atoms with Gasteiger partial charge in [0.2, 0.25) is 11.8 Å². The van der Waals surface area contributed by atoms with Crippen LogP contribution in [0.3, 0.4) is 0 Å². The smallest absolute Gasteiger partial charge is 0.414 e. The van der Waals surface area contributed by atoms with E-state index < -0.39 is 28.9 Å². The molecule has 3 atom stereocenters. The van der Waals surface area contributed by atoms with Crippen molar-refractivity contribution in [1.82, 2.24) is 15.1 Å². The van der Waals surface area contributed by atoms with Crippen molar-refractivity contribution in [2.45, 2.75) is 51.0 Å². The van der Waals surface area contributed by atoms with Crippen molar-refractivity contribution in [3.8, 4) is 5.75 Å². The molecular formula is C26H35N3O6. The fourth-order valence-corrected chi connectivity index (χ4v) is 6.89. The van der Waals surface area contributed by atoms with E-state index in [-0.39, 0.29) is 18.2 Å². The number of ether oxygens (including phenoxy) is 1. The topological polar surface area (TPSA) is 116 Å². The molecule has 4 bridgehead atoms. The van der Waals surface area contributed by atoms with Crippen molar-refractivity contribution in [3.05, 3.63) is 29.8 Å². The van der Waals surface area contributed by atoms with Crippen molar-refractivity contribution in [3.63, 3.8) is 0 Å². The largest absolute Gasteiger partial charge is 0.480 e. The van der Waals surface area contributed by atoms with E-state index >= 15 is 0 Å². The highest BCUT2D eigenvalue weighted by Crippen LogP contribution is 2.65. The monoisotopic (exact) mass is 485 g/mol. The van der Waals surface area contributed by atoms with Crippen LogP contribution >= 0.6 is 0 Å². The van der Waals surface area contributed by atoms with Crippen LogP contribution in [0.4, 0.5) is 4.79 Å². The van der Waals surface area contributed by atoms with Gasteiger partial charge < -0.3 is 25.0 Å². The lowest BCUT2D eigenvalue weighted by molar-refractivity contribution is -0.173. The first-order valence-corrected chi connectivity index (χ1v) is 12.2. The third kappa shape index (κ3) is 4.86. The van der Waals surface area contributed by atoms with Gasteiger partial charge in [-0.05, 0) is 68.1 Å². The SMILES string of the molecule is CN(C)C(=O)Oc1ccc(C[C@H](NC(=O)C23CC4CC(C2)CC(C(=O)N(C)C)(C4)C3)C(=O)O)cc1. The molecule has 1 aromatic rings. The molecule has 1 aromatic carbocycles. The molecule has 0 aliphatic heterocycles. The summed E-state index contributed by atoms with van der Waals surface area (Å²) in [5.41, 5.74) is -0.496. The van der Waals surface area contributed by atoms with Crippen LogP contribution in [0.15, 0.2) is 24.3 Å². The zero-order valence-corrected chi connectivity index (χ0v) is 20.9. The molecule has 9 nitrogen and oxygen atoms in total. The molecule has 0 spiro atoms. The van der Waals surface area contributed by atoms with Crippen molar-refractivity contribution >= 4 is 23.9 Å². The number of hydrogen-bond acceptors (Lipinski definition) is 5. The van der Waals surface area contributed by atoms with Gasteiger partial charge in [0.25, 0.3) is 0 Å². The van der Waals surface area contributed by atoms with Crippen LogP contribution in [0.5, 0.6) is 5.75 Å². The number of carboxylic acid groups (broad SMARTS) is 1. The van der Waals surface area contributed by atoms with E-state index in [1.165, 1.54) is 4.90 Å². The molecule has 190 valence electrons. The molecule has 2 N–H and O–H groups in total. The van der Waals surface area contributed by atoms with E-state index in [0.717, 1.165) is 32.1 Å². The molecule has 0 radical (unpaired) electrons. The van der Waals surface area contributed by atoms with Crippen LogP contribution in [-0.2, 0) is 20.8 Å². The lowest BCUT2D eigenvalue weighted by Crippen LogP contribution is -2.62. The molecule has 5 rings (SSSR count). The molecule has 35 heavy (non-hydrogen) atoms. The maximum Gasteiger partial charge on any atom is 0.414 e. The molecule has 0 saturated heterocycles. The van der Waals surface area contributed by atoms with Crippen LogP contribution in [0.2, 0.25) is 0 Å². The summed E-state index contributed by atoms with van der Waals surface area (Å²) in [6, 6.07) is 5.50. The first-order chi connectivity index (χ1) is 16.4. The van der Waals surface area contributed by atoms with Crippen molar-refractivity contribution in [2.24, 2.45) is 22.7 Å². The Kier molecular flexibility index (Phi) is 6.55. The van der Waals surface area contributed by atoms with E-state index in [1.54, 1.807) is 57.4 Å². The number of carbonyl (C=O) groups excluding carboxylic acids is 3. The highest BCUT2D eigenvalue weighted by Gasteiger charge is 2.63. The standard InChI is InChI=1S/C26H35N3O6/c1-28(2)23(33)26-13-17-9-18(14-26)12-25(11-17,15-26)22(32)27-20(21(30)31)10-16-5-7-19(8-6-16)35-24(34)29(3)4/h5-8,17-18,20H,9-15H2,1-4H3,(H,27,32)(H,30,31)/t17?,18?,20-,25?,26?/m0/s1. The quantitative estimate of drug-likeness (QED) is 0.613. The van der Waals surface area contributed by atoms with E-state index in [1.807, 2.05) is 0 Å². The number of benzene rings is 1. The van der Waals surface area contributed by atoms with Crippen molar-refractivity contribution in [1.29, 1.82) is 0 Å². The minimum Gasteiger partial charge on any atom is -0.480 e. The highest BCUT2D eigenvalue weighted by molar-refractivity contribution is 5.90. The number of nitrogens with one attached hydrogen (secondary N) is 1. The lowest BCUT2D eigenvalue weighted by atomic mass is 9.43. The highest BCUT2D eigenvalue weighted by atomic mass is 16.6. The first kappa shape index (κ1) is 25.0. The van der Waals surface area contributed by atoms with Crippen molar-refractivity contribution in [2.75, 3.05) is 28.2 Å². The maximum absolute atomic E-state index is 13.6. The Balaban J connectivity index is 1.47. The zero-order valence-electron chi connectivity index (χ0n) is 20.9. The Morgan fingerprint density at radius 3 is 2.06 bits per heavy atom. The van der Waals surface area contributed by atoms with E-state index in [0.29, 0.717) is 29.6 Å². The minimum atomic E-state index is -1.11. The van der Waals surface area contributed by atoms with Gasteiger partial charge in [-0.15, -0.1) is 0 Å². The second-order valence-corrected chi connectivity index (χ2v) is 11.2. The molecule has 9 heteroatoms. The zero-order chi connectivity index (χ0) is 25.5. The summed E-state index contributed by atoms with van der Waals surface area (Å²) in [6.07, 6.45) is 4.22. The summed E-state index contributed by atoms with van der Waals surface area (Å²) < 4.78 is 5.20. The number of carboxylic acids is 1. The summed E-state index contributed by atoms with van der Waals surface area (Å²) >= 11 is 0. The molecule has 2 unspecified atom stereocenters. The fourth-order valence-electron chi connectivity index (χ4n) is 6.89. The molecular weight excluding hydrogens is 450 g/mol. The van der Waals surface area contributed by atoms with Gasteiger partial charge in [-0.3, -0.25) is 9.59 Å². The number of aliphatic carboxylic acids is 1. The summed E-state index contributed by atoms with van der Waals surface area (Å²) in [5.74, 6) is -0.253. The Hall–Kier alpha value is -3.10. The summed E-state index contributed by atoms with van der Waals surface area (Å²) in [7, 11) is 6.69. The summed E-state index contributed by atoms with van der Waals surface area (Å²) in [6.45, 7) is 0. The van der Waals surface area contributed by atoms with E-state index in [9.17, 15) is 24.3 Å². The molecule has 4 aliphatic carbocycles. The molecule has 0 heterocycles. The molecule has 4 saturated carbocycles. The number of rotatable bonds is 7. The average molecular weight is 486 g/mol. The maximum atomic E-state index is 13.6. The predicted molar refractivity (Wildman–Crippen MR) is 128 cm³/mol. The molecule has 4 fully saturated rings. The van der Waals surface area contributed by atoms with Crippen molar-refractivity contribution < 1.29 is 29.0 Å². The van der Waals surface area contributed by atoms with Crippen LogP contribution < -0.4 is 10.1 Å².